The Bertz CT molecular complexity index is 800. The summed E-state index contributed by atoms with van der Waals surface area (Å²) in [6.07, 6.45) is 1.72. The minimum absolute atomic E-state index is 0.0254. The van der Waals surface area contributed by atoms with Crippen LogP contribution in [0.1, 0.15) is 27.0 Å². The van der Waals surface area contributed by atoms with Gasteiger partial charge in [-0.1, -0.05) is 30.3 Å². The van der Waals surface area contributed by atoms with E-state index in [1.54, 1.807) is 6.20 Å². The van der Waals surface area contributed by atoms with Gasteiger partial charge < -0.3 is 0 Å². The number of hydrogen-bond donors (Lipinski definition) is 0. The molecule has 1 aromatic heterocycles. The summed E-state index contributed by atoms with van der Waals surface area (Å²) in [5, 5.41) is 0.988. The summed E-state index contributed by atoms with van der Waals surface area (Å²) in [5.74, 6) is 0.0254. The first-order valence-corrected chi connectivity index (χ1v) is 6.62. The Morgan fingerprint density at radius 3 is 2.55 bits per heavy atom. The summed E-state index contributed by atoms with van der Waals surface area (Å²) in [7, 11) is 0. The topological polar surface area (TPSA) is 30.0 Å². The molecule has 2 nitrogen and oxygen atoms in total. The fraction of sp³-hybridized carbons (Fsp3) is 0.111. The van der Waals surface area contributed by atoms with Crippen LogP contribution in [0.3, 0.4) is 0 Å². The molecule has 0 bridgehead atoms. The molecule has 0 saturated heterocycles. The van der Waals surface area contributed by atoms with Crippen molar-refractivity contribution in [3.05, 3.63) is 77.0 Å². The maximum Gasteiger partial charge on any atom is 0.195 e. The van der Waals surface area contributed by atoms with Crippen molar-refractivity contribution >= 4 is 16.7 Å². The lowest BCUT2D eigenvalue weighted by Gasteiger charge is -2.07. The van der Waals surface area contributed by atoms with E-state index in [-0.39, 0.29) is 5.78 Å². The van der Waals surface area contributed by atoms with Gasteiger partial charge in [0.05, 0.1) is 5.52 Å². The molecule has 0 aliphatic rings. The number of fused-ring (bicyclic) bond motifs is 1. The van der Waals surface area contributed by atoms with E-state index in [1.807, 2.05) is 62.4 Å². The Kier molecular flexibility index (Phi) is 3.07. The number of carbonyl (C=O) groups excluding carboxylic acids is 1. The number of nitrogens with zero attached hydrogens (tertiary/aromatic N) is 1. The molecule has 2 aromatic carbocycles. The normalized spacial score (nSPS) is 10.7. The number of aromatic nitrogens is 1. The van der Waals surface area contributed by atoms with Crippen molar-refractivity contribution in [1.29, 1.82) is 0 Å². The predicted octanol–water partition coefficient (Wildman–Crippen LogP) is 4.08. The van der Waals surface area contributed by atoms with Crippen LogP contribution in [0.2, 0.25) is 0 Å². The molecule has 0 saturated carbocycles. The summed E-state index contributed by atoms with van der Waals surface area (Å²) >= 11 is 0. The van der Waals surface area contributed by atoms with Crippen LogP contribution >= 0.6 is 0 Å². The van der Waals surface area contributed by atoms with Crippen molar-refractivity contribution in [3.63, 3.8) is 0 Å². The predicted molar refractivity (Wildman–Crippen MR) is 81.1 cm³/mol. The van der Waals surface area contributed by atoms with Crippen LogP contribution in [0, 0.1) is 13.8 Å². The zero-order valence-electron chi connectivity index (χ0n) is 11.6. The molecule has 20 heavy (non-hydrogen) atoms. The smallest absolute Gasteiger partial charge is 0.195 e. The lowest BCUT2D eigenvalue weighted by Crippen LogP contribution is -2.03. The number of pyridine rings is 1. The third-order valence-electron chi connectivity index (χ3n) is 3.65. The molecule has 2 heteroatoms. The largest absolute Gasteiger partial charge is 0.289 e. The maximum atomic E-state index is 12.7. The van der Waals surface area contributed by atoms with E-state index in [1.165, 1.54) is 5.56 Å². The standard InChI is InChI=1S/C18H15NO/c1-12-8-9-15(11-13(12)2)18(20)16-7-3-5-14-6-4-10-19-17(14)16/h3-11H,1-2H3. The number of benzene rings is 2. The second-order valence-electron chi connectivity index (χ2n) is 5.01. The van der Waals surface area contributed by atoms with Gasteiger partial charge >= 0.3 is 0 Å². The second-order valence-corrected chi connectivity index (χ2v) is 5.01. The molecule has 3 rings (SSSR count). The van der Waals surface area contributed by atoms with Gasteiger partial charge in [0.2, 0.25) is 0 Å². The minimum Gasteiger partial charge on any atom is -0.289 e. The molecular formula is C18H15NO. The highest BCUT2D eigenvalue weighted by Crippen LogP contribution is 2.20. The molecule has 0 N–H and O–H groups in total. The third kappa shape index (κ3) is 2.10. The summed E-state index contributed by atoms with van der Waals surface area (Å²) in [6, 6.07) is 15.4. The molecule has 0 atom stereocenters. The number of para-hydroxylation sites is 1. The highest BCUT2D eigenvalue weighted by molar-refractivity contribution is 6.15. The van der Waals surface area contributed by atoms with Crippen molar-refractivity contribution in [1.82, 2.24) is 4.98 Å². The number of aryl methyl sites for hydroxylation is 2. The molecule has 0 spiro atoms. The van der Waals surface area contributed by atoms with Crippen molar-refractivity contribution in [2.24, 2.45) is 0 Å². The lowest BCUT2D eigenvalue weighted by atomic mass is 9.97. The first kappa shape index (κ1) is 12.5. The van der Waals surface area contributed by atoms with Crippen LogP contribution < -0.4 is 0 Å². The Labute approximate surface area is 118 Å². The molecule has 0 fully saturated rings. The van der Waals surface area contributed by atoms with E-state index >= 15 is 0 Å². The van der Waals surface area contributed by atoms with E-state index in [0.29, 0.717) is 11.1 Å². The van der Waals surface area contributed by atoms with Crippen LogP contribution in [0.4, 0.5) is 0 Å². The molecular weight excluding hydrogens is 246 g/mol. The van der Waals surface area contributed by atoms with Crippen molar-refractivity contribution in [3.8, 4) is 0 Å². The zero-order chi connectivity index (χ0) is 14.1. The van der Waals surface area contributed by atoms with Gasteiger partial charge in [-0.15, -0.1) is 0 Å². The quantitative estimate of drug-likeness (QED) is 0.650. The second kappa shape index (κ2) is 4.89. The van der Waals surface area contributed by atoms with E-state index in [9.17, 15) is 4.79 Å². The van der Waals surface area contributed by atoms with Gasteiger partial charge in [-0.25, -0.2) is 0 Å². The Balaban J connectivity index is 2.15. The SMILES string of the molecule is Cc1ccc(C(=O)c2cccc3cccnc23)cc1C. The highest BCUT2D eigenvalue weighted by atomic mass is 16.1. The zero-order valence-corrected chi connectivity index (χ0v) is 11.6. The third-order valence-corrected chi connectivity index (χ3v) is 3.65. The molecule has 0 unspecified atom stereocenters. The van der Waals surface area contributed by atoms with E-state index in [2.05, 4.69) is 4.98 Å². The molecule has 0 aliphatic carbocycles. The number of ketones is 1. The van der Waals surface area contributed by atoms with Crippen molar-refractivity contribution < 1.29 is 4.79 Å². The average molecular weight is 261 g/mol. The van der Waals surface area contributed by atoms with Gasteiger partial charge in [0, 0.05) is 22.7 Å². The van der Waals surface area contributed by atoms with Gasteiger partial charge in [-0.05, 0) is 43.2 Å². The average Bonchev–Trinajstić information content (AvgIpc) is 2.49. The van der Waals surface area contributed by atoms with Crippen LogP contribution in [0.5, 0.6) is 0 Å². The van der Waals surface area contributed by atoms with Gasteiger partial charge in [-0.3, -0.25) is 9.78 Å². The van der Waals surface area contributed by atoms with E-state index in [0.717, 1.165) is 16.5 Å². The Morgan fingerprint density at radius 2 is 1.75 bits per heavy atom. The maximum absolute atomic E-state index is 12.7. The van der Waals surface area contributed by atoms with Gasteiger partial charge in [-0.2, -0.15) is 0 Å². The monoisotopic (exact) mass is 261 g/mol. The van der Waals surface area contributed by atoms with Crippen molar-refractivity contribution in [2.75, 3.05) is 0 Å². The summed E-state index contributed by atoms with van der Waals surface area (Å²) in [4.78, 5) is 17.0. The van der Waals surface area contributed by atoms with Gasteiger partial charge in [0.25, 0.3) is 0 Å². The van der Waals surface area contributed by atoms with Crippen LogP contribution in [0.15, 0.2) is 54.7 Å². The number of carbonyl (C=O) groups is 1. The minimum atomic E-state index is 0.0254. The summed E-state index contributed by atoms with van der Waals surface area (Å²) in [6.45, 7) is 4.07. The highest BCUT2D eigenvalue weighted by Gasteiger charge is 2.13. The van der Waals surface area contributed by atoms with Crippen LogP contribution in [-0.2, 0) is 0 Å². The first-order valence-electron chi connectivity index (χ1n) is 6.62. The summed E-state index contributed by atoms with van der Waals surface area (Å²) in [5.41, 5.74) is 4.46. The fourth-order valence-corrected chi connectivity index (χ4v) is 2.33. The molecule has 1 heterocycles. The molecule has 0 amide bonds. The number of rotatable bonds is 2. The van der Waals surface area contributed by atoms with Crippen LogP contribution in [0.25, 0.3) is 10.9 Å². The van der Waals surface area contributed by atoms with Crippen LogP contribution in [-0.4, -0.2) is 10.8 Å². The Hall–Kier alpha value is -2.48. The fourth-order valence-electron chi connectivity index (χ4n) is 2.33. The van der Waals surface area contributed by atoms with E-state index in [4.69, 9.17) is 0 Å². The van der Waals surface area contributed by atoms with Crippen molar-refractivity contribution in [2.45, 2.75) is 13.8 Å². The Morgan fingerprint density at radius 1 is 0.950 bits per heavy atom. The lowest BCUT2D eigenvalue weighted by molar-refractivity contribution is 0.104. The number of hydrogen-bond acceptors (Lipinski definition) is 2. The first-order chi connectivity index (χ1) is 9.66. The molecule has 0 aliphatic heterocycles. The van der Waals surface area contributed by atoms with Gasteiger partial charge in [0.15, 0.2) is 5.78 Å². The molecule has 3 aromatic rings. The molecule has 98 valence electrons. The summed E-state index contributed by atoms with van der Waals surface area (Å²) < 4.78 is 0. The van der Waals surface area contributed by atoms with E-state index < -0.39 is 0 Å². The molecule has 0 radical (unpaired) electrons. The van der Waals surface area contributed by atoms with Gasteiger partial charge in [0.1, 0.15) is 0 Å².